The van der Waals surface area contributed by atoms with Gasteiger partial charge in [-0.15, -0.1) is 0 Å². The maximum atomic E-state index is 5.24. The zero-order valence-corrected chi connectivity index (χ0v) is 8.03. The van der Waals surface area contributed by atoms with Gasteiger partial charge in [0.15, 0.2) is 0 Å². The van der Waals surface area contributed by atoms with Gasteiger partial charge in [0.2, 0.25) is 0 Å². The molecule has 0 radical (unpaired) electrons. The Bertz CT molecular complexity index is 445. The molecule has 0 N–H and O–H groups in total. The lowest BCUT2D eigenvalue weighted by molar-refractivity contribution is 0.412. The second kappa shape index (κ2) is 2.76. The van der Waals surface area contributed by atoms with Gasteiger partial charge in [-0.25, -0.2) is 4.98 Å². The van der Waals surface area contributed by atoms with Crippen LogP contribution in [0.4, 0.5) is 0 Å². The monoisotopic (exact) mass is 176 g/mol. The Morgan fingerprint density at radius 3 is 2.85 bits per heavy atom. The van der Waals surface area contributed by atoms with Gasteiger partial charge in [-0.2, -0.15) is 0 Å². The molecule has 1 heterocycles. The fourth-order valence-corrected chi connectivity index (χ4v) is 1.64. The van der Waals surface area contributed by atoms with E-state index in [9.17, 15) is 0 Å². The maximum absolute atomic E-state index is 5.24. The molecular formula is C10H12N2O. The number of methoxy groups -OCH3 is 1. The van der Waals surface area contributed by atoms with Crippen LogP contribution in [-0.2, 0) is 7.05 Å². The number of fused-ring (bicyclic) bond motifs is 1. The van der Waals surface area contributed by atoms with Gasteiger partial charge in [0.05, 0.1) is 24.5 Å². The molecule has 1 aromatic heterocycles. The minimum Gasteiger partial charge on any atom is -0.496 e. The van der Waals surface area contributed by atoms with Crippen LogP contribution in [-0.4, -0.2) is 16.7 Å². The average Bonchev–Trinajstić information content (AvgIpc) is 2.49. The second-order valence-corrected chi connectivity index (χ2v) is 3.12. The molecule has 0 saturated heterocycles. The topological polar surface area (TPSA) is 27.1 Å². The van der Waals surface area contributed by atoms with Crippen LogP contribution in [0.25, 0.3) is 11.0 Å². The van der Waals surface area contributed by atoms with Gasteiger partial charge in [-0.05, 0) is 19.1 Å². The van der Waals surface area contributed by atoms with E-state index >= 15 is 0 Å². The van der Waals surface area contributed by atoms with E-state index in [1.54, 1.807) is 7.11 Å². The maximum Gasteiger partial charge on any atom is 0.124 e. The number of ether oxygens (including phenoxy) is 1. The SMILES string of the molecule is COc1ccc2ncn(C)c2c1C. The van der Waals surface area contributed by atoms with E-state index in [0.717, 1.165) is 22.3 Å². The van der Waals surface area contributed by atoms with Crippen molar-refractivity contribution in [3.05, 3.63) is 24.0 Å². The molecule has 0 unspecified atom stereocenters. The predicted molar refractivity (Wildman–Crippen MR) is 52.0 cm³/mol. The molecule has 0 spiro atoms. The highest BCUT2D eigenvalue weighted by molar-refractivity contribution is 5.81. The molecule has 0 saturated carbocycles. The van der Waals surface area contributed by atoms with E-state index < -0.39 is 0 Å². The summed E-state index contributed by atoms with van der Waals surface area (Å²) < 4.78 is 7.24. The number of imidazole rings is 1. The van der Waals surface area contributed by atoms with E-state index in [1.165, 1.54) is 0 Å². The summed E-state index contributed by atoms with van der Waals surface area (Å²) in [5.74, 6) is 0.913. The van der Waals surface area contributed by atoms with E-state index in [-0.39, 0.29) is 0 Å². The Labute approximate surface area is 77.0 Å². The van der Waals surface area contributed by atoms with Crippen LogP contribution in [0.5, 0.6) is 5.75 Å². The van der Waals surface area contributed by atoms with Crippen molar-refractivity contribution in [3.8, 4) is 5.75 Å². The summed E-state index contributed by atoms with van der Waals surface area (Å²) in [6, 6.07) is 3.92. The average molecular weight is 176 g/mol. The van der Waals surface area contributed by atoms with E-state index in [4.69, 9.17) is 4.74 Å². The Hall–Kier alpha value is -1.51. The molecule has 1 aromatic carbocycles. The predicted octanol–water partition coefficient (Wildman–Crippen LogP) is 1.89. The van der Waals surface area contributed by atoms with Gasteiger partial charge in [0.25, 0.3) is 0 Å². The van der Waals surface area contributed by atoms with Crippen molar-refractivity contribution in [1.82, 2.24) is 9.55 Å². The van der Waals surface area contributed by atoms with E-state index in [0.29, 0.717) is 0 Å². The molecule has 2 aromatic rings. The van der Waals surface area contributed by atoms with Crippen molar-refractivity contribution < 1.29 is 4.74 Å². The number of aryl methyl sites for hydroxylation is 2. The lowest BCUT2D eigenvalue weighted by atomic mass is 10.2. The summed E-state index contributed by atoms with van der Waals surface area (Å²) in [4.78, 5) is 4.26. The summed E-state index contributed by atoms with van der Waals surface area (Å²) in [5, 5.41) is 0. The highest BCUT2D eigenvalue weighted by Gasteiger charge is 2.06. The first-order valence-corrected chi connectivity index (χ1v) is 4.18. The molecule has 0 aliphatic heterocycles. The number of nitrogens with zero attached hydrogens (tertiary/aromatic N) is 2. The van der Waals surface area contributed by atoms with Gasteiger partial charge in [0.1, 0.15) is 5.75 Å². The largest absolute Gasteiger partial charge is 0.496 e. The lowest BCUT2D eigenvalue weighted by Crippen LogP contribution is -1.91. The zero-order chi connectivity index (χ0) is 9.42. The van der Waals surface area contributed by atoms with Crippen molar-refractivity contribution in [2.75, 3.05) is 7.11 Å². The zero-order valence-electron chi connectivity index (χ0n) is 8.03. The van der Waals surface area contributed by atoms with Gasteiger partial charge >= 0.3 is 0 Å². The molecule has 68 valence electrons. The minimum atomic E-state index is 0.913. The van der Waals surface area contributed by atoms with Crippen LogP contribution in [0.3, 0.4) is 0 Å². The minimum absolute atomic E-state index is 0.913. The van der Waals surface area contributed by atoms with Gasteiger partial charge < -0.3 is 9.30 Å². The molecule has 0 amide bonds. The van der Waals surface area contributed by atoms with Crippen molar-refractivity contribution in [1.29, 1.82) is 0 Å². The standard InChI is InChI=1S/C10H12N2O/c1-7-9(13-3)5-4-8-10(7)12(2)6-11-8/h4-6H,1-3H3. The number of hydrogen-bond donors (Lipinski definition) is 0. The molecule has 2 rings (SSSR count). The summed E-state index contributed by atoms with van der Waals surface area (Å²) in [6.07, 6.45) is 1.82. The van der Waals surface area contributed by atoms with E-state index in [2.05, 4.69) is 4.98 Å². The highest BCUT2D eigenvalue weighted by Crippen LogP contribution is 2.25. The quantitative estimate of drug-likeness (QED) is 0.663. The van der Waals surface area contributed by atoms with E-state index in [1.807, 2.05) is 37.0 Å². The third-order valence-corrected chi connectivity index (χ3v) is 2.30. The van der Waals surface area contributed by atoms with Crippen LogP contribution in [0.15, 0.2) is 18.5 Å². The smallest absolute Gasteiger partial charge is 0.124 e. The summed E-state index contributed by atoms with van der Waals surface area (Å²) >= 11 is 0. The van der Waals surface area contributed by atoms with Crippen molar-refractivity contribution in [2.24, 2.45) is 7.05 Å². The fourth-order valence-electron chi connectivity index (χ4n) is 1.64. The molecule has 0 fully saturated rings. The van der Waals surface area contributed by atoms with Crippen LogP contribution < -0.4 is 4.74 Å². The normalized spacial score (nSPS) is 10.7. The number of rotatable bonds is 1. The second-order valence-electron chi connectivity index (χ2n) is 3.12. The Morgan fingerprint density at radius 2 is 2.15 bits per heavy atom. The Morgan fingerprint density at radius 1 is 1.38 bits per heavy atom. The molecule has 0 aliphatic rings. The molecule has 13 heavy (non-hydrogen) atoms. The fraction of sp³-hybridized carbons (Fsp3) is 0.300. The van der Waals surface area contributed by atoms with Crippen molar-refractivity contribution in [3.63, 3.8) is 0 Å². The Kier molecular flexibility index (Phi) is 1.72. The number of hydrogen-bond acceptors (Lipinski definition) is 2. The third-order valence-electron chi connectivity index (χ3n) is 2.30. The molecule has 0 atom stereocenters. The summed E-state index contributed by atoms with van der Waals surface area (Å²) in [6.45, 7) is 2.04. The lowest BCUT2D eigenvalue weighted by Gasteiger charge is -2.05. The van der Waals surface area contributed by atoms with Crippen LogP contribution >= 0.6 is 0 Å². The van der Waals surface area contributed by atoms with Crippen LogP contribution in [0, 0.1) is 6.92 Å². The summed E-state index contributed by atoms with van der Waals surface area (Å²) in [5.41, 5.74) is 3.29. The van der Waals surface area contributed by atoms with Gasteiger partial charge in [-0.3, -0.25) is 0 Å². The van der Waals surface area contributed by atoms with Crippen LogP contribution in [0.1, 0.15) is 5.56 Å². The molecule has 3 heteroatoms. The molecule has 0 bridgehead atoms. The first-order chi connectivity index (χ1) is 6.24. The number of benzene rings is 1. The number of aromatic nitrogens is 2. The first-order valence-electron chi connectivity index (χ1n) is 4.18. The van der Waals surface area contributed by atoms with Crippen LogP contribution in [0.2, 0.25) is 0 Å². The molecular weight excluding hydrogens is 164 g/mol. The Balaban J connectivity index is 2.83. The first kappa shape index (κ1) is 8.10. The molecule has 0 aliphatic carbocycles. The summed E-state index contributed by atoms with van der Waals surface area (Å²) in [7, 11) is 3.67. The third kappa shape index (κ3) is 1.08. The van der Waals surface area contributed by atoms with Gasteiger partial charge in [-0.1, -0.05) is 0 Å². The molecule has 3 nitrogen and oxygen atoms in total. The van der Waals surface area contributed by atoms with Crippen molar-refractivity contribution in [2.45, 2.75) is 6.92 Å². The van der Waals surface area contributed by atoms with Gasteiger partial charge in [0, 0.05) is 12.6 Å². The van der Waals surface area contributed by atoms with Crippen molar-refractivity contribution >= 4 is 11.0 Å². The highest BCUT2D eigenvalue weighted by atomic mass is 16.5.